The van der Waals surface area contributed by atoms with E-state index < -0.39 is 0 Å². The first-order chi connectivity index (χ1) is 12.7. The van der Waals surface area contributed by atoms with Crippen molar-refractivity contribution in [2.75, 3.05) is 13.2 Å². The predicted octanol–water partition coefficient (Wildman–Crippen LogP) is 1.74. The molecule has 2 heterocycles. The van der Waals surface area contributed by atoms with Gasteiger partial charge in [0.2, 0.25) is 0 Å². The molecule has 7 heteroatoms. The minimum atomic E-state index is -0.265. The number of rotatable bonds is 6. The fraction of sp³-hybridized carbons (Fsp3) is 0.316. The van der Waals surface area contributed by atoms with Gasteiger partial charge >= 0.3 is 5.63 Å². The van der Waals surface area contributed by atoms with Gasteiger partial charge in [0.25, 0.3) is 5.91 Å². The zero-order valence-electron chi connectivity index (χ0n) is 14.2. The molecule has 0 saturated heterocycles. The SMILES string of the molecule is O=C(COc1ccc2c3c(c(=O)oc2c1)CCC3)NCCc1cnc[nH]1. The van der Waals surface area contributed by atoms with Crippen LogP contribution in [0.25, 0.3) is 11.0 Å². The van der Waals surface area contributed by atoms with Gasteiger partial charge in [-0.1, -0.05) is 0 Å². The quantitative estimate of drug-likeness (QED) is 0.658. The van der Waals surface area contributed by atoms with Gasteiger partial charge in [-0.25, -0.2) is 9.78 Å². The van der Waals surface area contributed by atoms with Crippen LogP contribution in [0.3, 0.4) is 0 Å². The van der Waals surface area contributed by atoms with Crippen molar-refractivity contribution in [1.29, 1.82) is 0 Å². The minimum absolute atomic E-state index is 0.0936. The molecule has 0 saturated carbocycles. The van der Waals surface area contributed by atoms with Gasteiger partial charge in [-0.15, -0.1) is 0 Å². The van der Waals surface area contributed by atoms with Crippen LogP contribution in [0.15, 0.2) is 39.9 Å². The van der Waals surface area contributed by atoms with Crippen molar-refractivity contribution in [2.45, 2.75) is 25.7 Å². The lowest BCUT2D eigenvalue weighted by atomic mass is 10.1. The van der Waals surface area contributed by atoms with Gasteiger partial charge in [-0.3, -0.25) is 4.79 Å². The van der Waals surface area contributed by atoms with E-state index in [-0.39, 0.29) is 18.1 Å². The number of aromatic nitrogens is 2. The van der Waals surface area contributed by atoms with Crippen molar-refractivity contribution in [1.82, 2.24) is 15.3 Å². The molecule has 4 rings (SSSR count). The van der Waals surface area contributed by atoms with Crippen molar-refractivity contribution in [2.24, 2.45) is 0 Å². The molecule has 0 fully saturated rings. The summed E-state index contributed by atoms with van der Waals surface area (Å²) in [6.45, 7) is 0.409. The molecular weight excluding hydrogens is 334 g/mol. The third-order valence-corrected chi connectivity index (χ3v) is 4.59. The predicted molar refractivity (Wildman–Crippen MR) is 95.3 cm³/mol. The Labute approximate surface area is 149 Å². The Hall–Kier alpha value is -3.09. The van der Waals surface area contributed by atoms with E-state index in [1.54, 1.807) is 24.7 Å². The fourth-order valence-corrected chi connectivity index (χ4v) is 3.31. The minimum Gasteiger partial charge on any atom is -0.484 e. The molecule has 26 heavy (non-hydrogen) atoms. The zero-order chi connectivity index (χ0) is 17.9. The van der Waals surface area contributed by atoms with Gasteiger partial charge in [-0.2, -0.15) is 0 Å². The molecule has 0 radical (unpaired) electrons. The summed E-state index contributed by atoms with van der Waals surface area (Å²) in [7, 11) is 0. The number of fused-ring (bicyclic) bond motifs is 3. The van der Waals surface area contributed by atoms with Gasteiger partial charge in [0.15, 0.2) is 6.61 Å². The summed E-state index contributed by atoms with van der Waals surface area (Å²) in [6.07, 6.45) is 6.67. The van der Waals surface area contributed by atoms with Crippen molar-refractivity contribution < 1.29 is 13.9 Å². The molecule has 2 N–H and O–H groups in total. The Kier molecular flexibility index (Phi) is 4.43. The van der Waals surface area contributed by atoms with E-state index in [1.165, 1.54) is 0 Å². The molecule has 134 valence electrons. The zero-order valence-corrected chi connectivity index (χ0v) is 14.2. The Balaban J connectivity index is 1.37. The molecule has 7 nitrogen and oxygen atoms in total. The maximum absolute atomic E-state index is 12.0. The highest BCUT2D eigenvalue weighted by atomic mass is 16.5. The number of aryl methyl sites for hydroxylation is 1. The van der Waals surface area contributed by atoms with Gasteiger partial charge in [-0.05, 0) is 37.0 Å². The molecule has 0 unspecified atom stereocenters. The molecular formula is C19H19N3O4. The number of imidazole rings is 1. The topological polar surface area (TPSA) is 97.2 Å². The maximum Gasteiger partial charge on any atom is 0.339 e. The largest absolute Gasteiger partial charge is 0.484 e. The van der Waals surface area contributed by atoms with E-state index in [1.807, 2.05) is 6.07 Å². The Morgan fingerprint density at radius 1 is 1.31 bits per heavy atom. The van der Waals surface area contributed by atoms with E-state index in [0.29, 0.717) is 24.3 Å². The van der Waals surface area contributed by atoms with Gasteiger partial charge in [0, 0.05) is 41.9 Å². The van der Waals surface area contributed by atoms with Gasteiger partial charge < -0.3 is 19.5 Å². The highest BCUT2D eigenvalue weighted by Crippen LogP contribution is 2.29. The summed E-state index contributed by atoms with van der Waals surface area (Å²) in [6, 6.07) is 5.37. The van der Waals surface area contributed by atoms with E-state index in [0.717, 1.165) is 41.5 Å². The number of H-pyrrole nitrogens is 1. The molecule has 0 bridgehead atoms. The van der Waals surface area contributed by atoms with Crippen LogP contribution in [0.2, 0.25) is 0 Å². The lowest BCUT2D eigenvalue weighted by molar-refractivity contribution is -0.123. The molecule has 0 atom stereocenters. The van der Waals surface area contributed by atoms with Crippen LogP contribution < -0.4 is 15.7 Å². The van der Waals surface area contributed by atoms with Crippen LogP contribution in [-0.2, 0) is 24.1 Å². The summed E-state index contributed by atoms with van der Waals surface area (Å²) >= 11 is 0. The number of carbonyl (C=O) groups is 1. The summed E-state index contributed by atoms with van der Waals surface area (Å²) in [5, 5.41) is 3.74. The number of nitrogens with one attached hydrogen (secondary N) is 2. The smallest absolute Gasteiger partial charge is 0.339 e. The molecule has 1 aromatic carbocycles. The van der Waals surface area contributed by atoms with E-state index >= 15 is 0 Å². The third-order valence-electron chi connectivity index (χ3n) is 4.59. The van der Waals surface area contributed by atoms with Crippen molar-refractivity contribution in [3.8, 4) is 5.75 Å². The van der Waals surface area contributed by atoms with Crippen LogP contribution in [0.4, 0.5) is 0 Å². The number of benzene rings is 1. The van der Waals surface area contributed by atoms with Crippen LogP contribution in [0.5, 0.6) is 5.75 Å². The number of nitrogens with zero attached hydrogens (tertiary/aromatic N) is 1. The molecule has 1 aliphatic carbocycles. The van der Waals surface area contributed by atoms with Gasteiger partial charge in [0.1, 0.15) is 11.3 Å². The Morgan fingerprint density at radius 3 is 3.04 bits per heavy atom. The number of hydrogen-bond acceptors (Lipinski definition) is 5. The van der Waals surface area contributed by atoms with E-state index in [4.69, 9.17) is 9.15 Å². The summed E-state index contributed by atoms with van der Waals surface area (Å²) in [5.41, 5.74) is 3.08. The lowest BCUT2D eigenvalue weighted by Crippen LogP contribution is -2.30. The average Bonchev–Trinajstić information content (AvgIpc) is 3.32. The first-order valence-corrected chi connectivity index (χ1v) is 8.66. The molecule has 2 aromatic heterocycles. The first kappa shape index (κ1) is 16.4. The van der Waals surface area contributed by atoms with Crippen LogP contribution >= 0.6 is 0 Å². The molecule has 3 aromatic rings. The average molecular weight is 353 g/mol. The van der Waals surface area contributed by atoms with Crippen LogP contribution in [0.1, 0.15) is 23.2 Å². The van der Waals surface area contributed by atoms with Crippen molar-refractivity contribution in [3.05, 3.63) is 58.0 Å². The van der Waals surface area contributed by atoms with E-state index in [9.17, 15) is 9.59 Å². The summed E-state index contributed by atoms with van der Waals surface area (Å²) in [5.74, 6) is 0.294. The van der Waals surface area contributed by atoms with Crippen LogP contribution in [-0.4, -0.2) is 29.0 Å². The summed E-state index contributed by atoms with van der Waals surface area (Å²) < 4.78 is 10.9. The Bertz CT molecular complexity index is 992. The van der Waals surface area contributed by atoms with Crippen molar-refractivity contribution in [3.63, 3.8) is 0 Å². The molecule has 1 amide bonds. The lowest BCUT2D eigenvalue weighted by Gasteiger charge is -2.09. The van der Waals surface area contributed by atoms with Crippen molar-refractivity contribution >= 4 is 16.9 Å². The first-order valence-electron chi connectivity index (χ1n) is 8.66. The number of carbonyl (C=O) groups excluding carboxylic acids is 1. The normalized spacial score (nSPS) is 12.9. The number of aromatic amines is 1. The third kappa shape index (κ3) is 3.33. The molecule has 0 aliphatic heterocycles. The number of ether oxygens (including phenoxy) is 1. The number of amides is 1. The molecule has 1 aliphatic rings. The highest BCUT2D eigenvalue weighted by Gasteiger charge is 2.19. The Morgan fingerprint density at radius 2 is 2.19 bits per heavy atom. The monoisotopic (exact) mass is 353 g/mol. The fourth-order valence-electron chi connectivity index (χ4n) is 3.31. The number of hydrogen-bond donors (Lipinski definition) is 2. The second-order valence-electron chi connectivity index (χ2n) is 6.32. The highest BCUT2D eigenvalue weighted by molar-refractivity contribution is 5.83. The van der Waals surface area contributed by atoms with Gasteiger partial charge in [0.05, 0.1) is 6.33 Å². The molecule has 0 spiro atoms. The van der Waals surface area contributed by atoms with Crippen LogP contribution in [0, 0.1) is 0 Å². The second kappa shape index (κ2) is 7.03. The van der Waals surface area contributed by atoms with E-state index in [2.05, 4.69) is 15.3 Å². The standard InChI is InChI=1S/C19H19N3O4/c23-18(21-7-6-12-9-20-11-22-12)10-25-13-4-5-15-14-2-1-3-16(14)19(24)26-17(15)8-13/h4-5,8-9,11H,1-3,6-7,10H2,(H,20,22)(H,21,23). The summed E-state index contributed by atoms with van der Waals surface area (Å²) in [4.78, 5) is 30.8. The second-order valence-corrected chi connectivity index (χ2v) is 6.32. The maximum atomic E-state index is 12.0.